The van der Waals surface area contributed by atoms with E-state index in [1.165, 1.54) is 11.1 Å². The Kier molecular flexibility index (Phi) is 7.29. The summed E-state index contributed by atoms with van der Waals surface area (Å²) >= 11 is 0. The molecule has 0 aromatic heterocycles. The number of benzene rings is 4. The zero-order valence-electron chi connectivity index (χ0n) is 17.9. The molecule has 0 heterocycles. The molecule has 4 nitrogen and oxygen atoms in total. The van der Waals surface area contributed by atoms with Crippen molar-refractivity contribution in [3.8, 4) is 5.75 Å². The topological polar surface area (TPSA) is 54.9 Å². The number of hydrogen-bond acceptors (Lipinski definition) is 2. The predicted octanol–water partition coefficient (Wildman–Crippen LogP) is 4.56. The van der Waals surface area contributed by atoms with E-state index in [1.54, 1.807) is 0 Å². The van der Waals surface area contributed by atoms with Crippen molar-refractivity contribution in [1.82, 2.24) is 0 Å². The van der Waals surface area contributed by atoms with Gasteiger partial charge in [0.05, 0.1) is 0 Å². The van der Waals surface area contributed by atoms with Gasteiger partial charge in [0.25, 0.3) is 5.91 Å². The van der Waals surface area contributed by atoms with E-state index in [4.69, 9.17) is 4.74 Å². The first-order valence-corrected chi connectivity index (χ1v) is 10.8. The van der Waals surface area contributed by atoms with E-state index in [9.17, 15) is 4.79 Å². The van der Waals surface area contributed by atoms with Crippen LogP contribution in [0.25, 0.3) is 0 Å². The summed E-state index contributed by atoms with van der Waals surface area (Å²) in [6, 6.07) is 38.1. The second kappa shape index (κ2) is 10.9. The minimum Gasteiger partial charge on any atom is -0.489 e. The van der Waals surface area contributed by atoms with Crippen LogP contribution in [0.2, 0.25) is 0 Å². The monoisotopic (exact) mass is 423 g/mol. The van der Waals surface area contributed by atoms with Crippen LogP contribution in [0.3, 0.4) is 0 Å². The number of amides is 1. The van der Waals surface area contributed by atoms with Crippen LogP contribution in [0.4, 0.5) is 5.69 Å². The maximum atomic E-state index is 12.6. The van der Waals surface area contributed by atoms with Crippen molar-refractivity contribution in [3.63, 3.8) is 0 Å². The van der Waals surface area contributed by atoms with E-state index in [2.05, 4.69) is 34.9 Å². The highest BCUT2D eigenvalue weighted by atomic mass is 16.5. The first-order valence-electron chi connectivity index (χ1n) is 10.8. The lowest BCUT2D eigenvalue weighted by Gasteiger charge is -2.16. The van der Waals surface area contributed by atoms with Crippen LogP contribution in [0.1, 0.15) is 22.7 Å². The third kappa shape index (κ3) is 6.06. The van der Waals surface area contributed by atoms with E-state index in [1.807, 2.05) is 91.0 Å². The number of nitrogens with two attached hydrogens (primary N) is 1. The highest BCUT2D eigenvalue weighted by Crippen LogP contribution is 2.18. The summed E-state index contributed by atoms with van der Waals surface area (Å²) in [6.45, 7) is 0.836. The minimum atomic E-state index is -0.0418. The van der Waals surface area contributed by atoms with Gasteiger partial charge in [0, 0.05) is 16.8 Å². The Morgan fingerprint density at radius 1 is 0.719 bits per heavy atom. The van der Waals surface area contributed by atoms with Gasteiger partial charge in [0.2, 0.25) is 0 Å². The maximum Gasteiger partial charge on any atom is 0.279 e. The van der Waals surface area contributed by atoms with Crippen LogP contribution in [-0.4, -0.2) is 12.5 Å². The van der Waals surface area contributed by atoms with Gasteiger partial charge < -0.3 is 15.4 Å². The molecule has 4 aromatic rings. The average Bonchev–Trinajstić information content (AvgIpc) is 2.86. The molecule has 0 aliphatic rings. The van der Waals surface area contributed by atoms with Crippen molar-refractivity contribution >= 4 is 11.6 Å². The maximum absolute atomic E-state index is 12.6. The van der Waals surface area contributed by atoms with Gasteiger partial charge >= 0.3 is 0 Å². The molecule has 0 unspecified atom stereocenters. The molecule has 32 heavy (non-hydrogen) atoms. The van der Waals surface area contributed by atoms with Gasteiger partial charge in [-0.05, 0) is 29.8 Å². The molecule has 0 saturated carbocycles. The van der Waals surface area contributed by atoms with Crippen LogP contribution in [-0.2, 0) is 11.4 Å². The fourth-order valence-corrected chi connectivity index (χ4v) is 3.60. The highest BCUT2D eigenvalue weighted by molar-refractivity contribution is 5.91. The lowest BCUT2D eigenvalue weighted by molar-refractivity contribution is -0.676. The van der Waals surface area contributed by atoms with E-state index in [0.717, 1.165) is 17.0 Å². The molecule has 0 spiro atoms. The Bertz CT molecular complexity index is 1060. The summed E-state index contributed by atoms with van der Waals surface area (Å²) in [5.74, 6) is 0.728. The van der Waals surface area contributed by atoms with Gasteiger partial charge in [0.1, 0.15) is 18.4 Å². The molecule has 3 N–H and O–H groups in total. The minimum absolute atomic E-state index is 0.0418. The number of anilines is 1. The lowest BCUT2D eigenvalue weighted by atomic mass is 9.99. The molecule has 4 rings (SSSR count). The average molecular weight is 424 g/mol. The second-order valence-electron chi connectivity index (χ2n) is 7.59. The molecule has 0 bridgehead atoms. The summed E-state index contributed by atoms with van der Waals surface area (Å²) in [7, 11) is 0. The van der Waals surface area contributed by atoms with Gasteiger partial charge in [-0.3, -0.25) is 4.79 Å². The highest BCUT2D eigenvalue weighted by Gasteiger charge is 2.18. The number of carbonyl (C=O) groups is 1. The molecule has 0 atom stereocenters. The third-order valence-corrected chi connectivity index (χ3v) is 5.24. The summed E-state index contributed by atoms with van der Waals surface area (Å²) < 4.78 is 5.81. The SMILES string of the molecule is O=C(C[NH2+]C(c1ccccc1)c1ccccc1)Nc1ccc(OCc2ccccc2)cc1. The van der Waals surface area contributed by atoms with E-state index in [-0.39, 0.29) is 11.9 Å². The molecule has 4 aromatic carbocycles. The van der Waals surface area contributed by atoms with Crippen molar-refractivity contribution in [2.24, 2.45) is 0 Å². The number of nitrogens with one attached hydrogen (secondary N) is 1. The van der Waals surface area contributed by atoms with Crippen molar-refractivity contribution in [2.75, 3.05) is 11.9 Å². The van der Waals surface area contributed by atoms with Crippen LogP contribution in [0.5, 0.6) is 5.75 Å². The normalized spacial score (nSPS) is 10.7. The molecule has 0 aliphatic carbocycles. The summed E-state index contributed by atoms with van der Waals surface area (Å²) in [6.07, 6.45) is 0. The van der Waals surface area contributed by atoms with Crippen molar-refractivity contribution < 1.29 is 14.8 Å². The zero-order chi connectivity index (χ0) is 22.0. The summed E-state index contributed by atoms with van der Waals surface area (Å²) in [5.41, 5.74) is 4.22. The number of rotatable bonds is 9. The Morgan fingerprint density at radius 2 is 1.25 bits per heavy atom. The van der Waals surface area contributed by atoms with Crippen LogP contribution in [0, 0.1) is 0 Å². The van der Waals surface area contributed by atoms with Crippen LogP contribution < -0.4 is 15.4 Å². The fourth-order valence-electron chi connectivity index (χ4n) is 3.60. The van der Waals surface area contributed by atoms with Crippen molar-refractivity contribution in [2.45, 2.75) is 12.6 Å². The second-order valence-corrected chi connectivity index (χ2v) is 7.59. The van der Waals surface area contributed by atoms with Crippen LogP contribution in [0.15, 0.2) is 115 Å². The van der Waals surface area contributed by atoms with E-state index >= 15 is 0 Å². The number of hydrogen-bond donors (Lipinski definition) is 2. The van der Waals surface area contributed by atoms with Crippen molar-refractivity contribution in [3.05, 3.63) is 132 Å². The predicted molar refractivity (Wildman–Crippen MR) is 127 cm³/mol. The first-order chi connectivity index (χ1) is 15.8. The first kappa shape index (κ1) is 21.3. The largest absolute Gasteiger partial charge is 0.489 e. The molecule has 160 valence electrons. The van der Waals surface area contributed by atoms with E-state index in [0.29, 0.717) is 13.2 Å². The molecule has 0 saturated heterocycles. The summed E-state index contributed by atoms with van der Waals surface area (Å²) in [4.78, 5) is 12.6. The molecule has 0 radical (unpaired) electrons. The van der Waals surface area contributed by atoms with Gasteiger partial charge in [-0.25, -0.2) is 0 Å². The number of carbonyl (C=O) groups excluding carboxylic acids is 1. The Labute approximate surface area is 188 Å². The Morgan fingerprint density at radius 3 is 1.81 bits per heavy atom. The standard InChI is InChI=1S/C28H26N2O2/c31-27(20-29-28(23-12-6-2-7-13-23)24-14-8-3-9-15-24)30-25-16-18-26(19-17-25)32-21-22-10-4-1-5-11-22/h1-19,28-29H,20-21H2,(H,30,31)/p+1. The smallest absolute Gasteiger partial charge is 0.279 e. The van der Waals surface area contributed by atoms with Gasteiger partial charge in [-0.1, -0.05) is 91.0 Å². The Balaban J connectivity index is 1.32. The summed E-state index contributed by atoms with van der Waals surface area (Å²) in [5, 5.41) is 5.04. The Hall–Kier alpha value is -3.89. The third-order valence-electron chi connectivity index (χ3n) is 5.24. The number of ether oxygens (including phenoxy) is 1. The molecule has 0 aliphatic heterocycles. The van der Waals surface area contributed by atoms with Gasteiger partial charge in [-0.2, -0.15) is 0 Å². The lowest BCUT2D eigenvalue weighted by Crippen LogP contribution is -2.87. The number of quaternary nitrogens is 1. The molecule has 4 heteroatoms. The van der Waals surface area contributed by atoms with E-state index < -0.39 is 0 Å². The van der Waals surface area contributed by atoms with Gasteiger partial charge in [-0.15, -0.1) is 0 Å². The molecule has 0 fully saturated rings. The van der Waals surface area contributed by atoms with Gasteiger partial charge in [0.15, 0.2) is 6.54 Å². The fraction of sp³-hybridized carbons (Fsp3) is 0.107. The zero-order valence-corrected chi connectivity index (χ0v) is 17.9. The molecular formula is C28H27N2O2+. The molecule has 1 amide bonds. The van der Waals surface area contributed by atoms with Crippen molar-refractivity contribution in [1.29, 1.82) is 0 Å². The quantitative estimate of drug-likeness (QED) is 0.415. The van der Waals surface area contributed by atoms with Crippen LogP contribution >= 0.6 is 0 Å². The molecular weight excluding hydrogens is 396 g/mol.